The van der Waals surface area contributed by atoms with Gasteiger partial charge < -0.3 is 5.32 Å². The van der Waals surface area contributed by atoms with Crippen molar-refractivity contribution in [2.24, 2.45) is 0 Å². The van der Waals surface area contributed by atoms with Crippen LogP contribution in [0.15, 0.2) is 88.6 Å². The maximum Gasteiger partial charge on any atom is 0.332 e. The molecule has 4 aromatic rings. The highest BCUT2D eigenvalue weighted by molar-refractivity contribution is 6.30. The lowest BCUT2D eigenvalue weighted by Crippen LogP contribution is -2.29. The van der Waals surface area contributed by atoms with E-state index in [9.17, 15) is 14.4 Å². The van der Waals surface area contributed by atoms with Gasteiger partial charge in [0.05, 0.1) is 12.1 Å². The summed E-state index contributed by atoms with van der Waals surface area (Å²) in [6.07, 6.45) is 1.70. The summed E-state index contributed by atoms with van der Waals surface area (Å²) in [6, 6.07) is 22.2. The van der Waals surface area contributed by atoms with Crippen molar-refractivity contribution < 1.29 is 4.79 Å². The number of benzene rings is 3. The Bertz CT molecular complexity index is 1410. The summed E-state index contributed by atoms with van der Waals surface area (Å²) in [6.45, 7) is 1.63. The molecule has 160 valence electrons. The molecule has 32 heavy (non-hydrogen) atoms. The second-order valence-corrected chi connectivity index (χ2v) is 7.86. The van der Waals surface area contributed by atoms with Gasteiger partial charge in [0.2, 0.25) is 5.91 Å². The van der Waals surface area contributed by atoms with Crippen LogP contribution in [0, 0.1) is 6.92 Å². The van der Waals surface area contributed by atoms with Gasteiger partial charge in [-0.15, -0.1) is 0 Å². The molecule has 0 aliphatic carbocycles. The standard InChI is InChI=1S/C25H20ClN3O3/c1-16-15-29(25(32)28-24(16)31)22-10-8-21(9-11-22)27-23(30)13-17-4-2-5-18(12-17)19-6-3-7-20(26)14-19/h2-12,14-15H,13H2,1H3,(H,27,30)(H,28,31,32). The van der Waals surface area contributed by atoms with E-state index in [1.54, 1.807) is 31.2 Å². The number of anilines is 1. The van der Waals surface area contributed by atoms with Crippen LogP contribution in [-0.2, 0) is 11.2 Å². The maximum atomic E-state index is 12.5. The lowest BCUT2D eigenvalue weighted by Gasteiger charge is -2.09. The van der Waals surface area contributed by atoms with Crippen LogP contribution in [0.3, 0.4) is 0 Å². The van der Waals surface area contributed by atoms with Crippen molar-refractivity contribution >= 4 is 23.2 Å². The molecule has 0 atom stereocenters. The van der Waals surface area contributed by atoms with E-state index >= 15 is 0 Å². The van der Waals surface area contributed by atoms with Crippen molar-refractivity contribution in [1.29, 1.82) is 0 Å². The fourth-order valence-electron chi connectivity index (χ4n) is 3.38. The zero-order chi connectivity index (χ0) is 22.7. The Morgan fingerprint density at radius 2 is 1.66 bits per heavy atom. The maximum absolute atomic E-state index is 12.5. The summed E-state index contributed by atoms with van der Waals surface area (Å²) in [7, 11) is 0. The second kappa shape index (κ2) is 9.08. The zero-order valence-corrected chi connectivity index (χ0v) is 18.0. The number of H-pyrrole nitrogens is 1. The van der Waals surface area contributed by atoms with Crippen LogP contribution in [0.25, 0.3) is 16.8 Å². The lowest BCUT2D eigenvalue weighted by atomic mass is 10.0. The molecular weight excluding hydrogens is 426 g/mol. The number of amides is 1. The molecule has 0 fully saturated rings. The fourth-order valence-corrected chi connectivity index (χ4v) is 3.57. The Morgan fingerprint density at radius 3 is 2.38 bits per heavy atom. The van der Waals surface area contributed by atoms with E-state index in [1.807, 2.05) is 48.5 Å². The third-order valence-corrected chi connectivity index (χ3v) is 5.23. The minimum atomic E-state index is -0.517. The first-order valence-electron chi connectivity index (χ1n) is 9.97. The first kappa shape index (κ1) is 21.3. The molecule has 6 nitrogen and oxygen atoms in total. The average molecular weight is 446 g/mol. The monoisotopic (exact) mass is 445 g/mol. The topological polar surface area (TPSA) is 84.0 Å². The van der Waals surface area contributed by atoms with Crippen LogP contribution in [0.4, 0.5) is 5.69 Å². The summed E-state index contributed by atoms with van der Waals surface area (Å²) in [5.74, 6) is -0.155. The highest BCUT2D eigenvalue weighted by Gasteiger charge is 2.08. The van der Waals surface area contributed by atoms with Gasteiger partial charge in [-0.1, -0.05) is 48.0 Å². The van der Waals surface area contributed by atoms with Crippen molar-refractivity contribution in [3.05, 3.63) is 116 Å². The molecule has 1 amide bonds. The number of aromatic amines is 1. The summed E-state index contributed by atoms with van der Waals surface area (Å²) in [4.78, 5) is 38.4. The molecule has 7 heteroatoms. The normalized spacial score (nSPS) is 10.7. The van der Waals surface area contributed by atoms with Crippen molar-refractivity contribution in [2.75, 3.05) is 5.32 Å². The molecule has 0 bridgehead atoms. The number of carbonyl (C=O) groups is 1. The van der Waals surface area contributed by atoms with Gasteiger partial charge in [0.1, 0.15) is 0 Å². The number of aromatic nitrogens is 2. The number of rotatable bonds is 5. The van der Waals surface area contributed by atoms with E-state index in [1.165, 1.54) is 10.8 Å². The van der Waals surface area contributed by atoms with E-state index in [4.69, 9.17) is 11.6 Å². The Balaban J connectivity index is 1.46. The molecule has 0 saturated heterocycles. The lowest BCUT2D eigenvalue weighted by molar-refractivity contribution is -0.115. The fraction of sp³-hybridized carbons (Fsp3) is 0.0800. The Kier molecular flexibility index (Phi) is 6.05. The molecule has 0 aliphatic heterocycles. The molecule has 1 heterocycles. The van der Waals surface area contributed by atoms with E-state index in [-0.39, 0.29) is 12.3 Å². The number of hydrogen-bond acceptors (Lipinski definition) is 3. The number of nitrogens with one attached hydrogen (secondary N) is 2. The predicted octanol–water partition coefficient (Wildman–Crippen LogP) is 4.34. The quantitative estimate of drug-likeness (QED) is 0.479. The van der Waals surface area contributed by atoms with Gasteiger partial charge in [0.25, 0.3) is 5.56 Å². The molecule has 0 spiro atoms. The van der Waals surface area contributed by atoms with Gasteiger partial charge in [0.15, 0.2) is 0 Å². The van der Waals surface area contributed by atoms with Crippen LogP contribution in [-0.4, -0.2) is 15.5 Å². The third kappa shape index (κ3) is 4.87. The minimum Gasteiger partial charge on any atom is -0.326 e. The van der Waals surface area contributed by atoms with Crippen LogP contribution in [0.5, 0.6) is 0 Å². The van der Waals surface area contributed by atoms with Crippen LogP contribution in [0.1, 0.15) is 11.1 Å². The number of aryl methyl sites for hydroxylation is 1. The molecule has 4 rings (SSSR count). The molecular formula is C25H20ClN3O3. The molecule has 0 aliphatic rings. The van der Waals surface area contributed by atoms with E-state index in [0.29, 0.717) is 22.0 Å². The molecule has 2 N–H and O–H groups in total. The second-order valence-electron chi connectivity index (χ2n) is 7.42. The van der Waals surface area contributed by atoms with Gasteiger partial charge in [-0.3, -0.25) is 19.1 Å². The molecule has 0 unspecified atom stereocenters. The average Bonchev–Trinajstić information content (AvgIpc) is 2.77. The SMILES string of the molecule is Cc1cn(-c2ccc(NC(=O)Cc3cccc(-c4cccc(Cl)c4)c3)cc2)c(=O)[nH]c1=O. The van der Waals surface area contributed by atoms with E-state index in [0.717, 1.165) is 16.7 Å². The van der Waals surface area contributed by atoms with Gasteiger partial charge >= 0.3 is 5.69 Å². The molecule has 3 aromatic carbocycles. The van der Waals surface area contributed by atoms with Crippen molar-refractivity contribution in [1.82, 2.24) is 9.55 Å². The van der Waals surface area contributed by atoms with Crippen LogP contribution >= 0.6 is 11.6 Å². The van der Waals surface area contributed by atoms with Gasteiger partial charge in [-0.2, -0.15) is 0 Å². The first-order valence-corrected chi connectivity index (χ1v) is 10.3. The molecule has 1 aromatic heterocycles. The molecule has 0 saturated carbocycles. The number of hydrogen-bond donors (Lipinski definition) is 2. The van der Waals surface area contributed by atoms with Crippen LogP contribution in [0.2, 0.25) is 5.02 Å². The van der Waals surface area contributed by atoms with Gasteiger partial charge in [-0.25, -0.2) is 4.79 Å². The number of carbonyl (C=O) groups excluding carboxylic acids is 1. The first-order chi connectivity index (χ1) is 15.4. The predicted molar refractivity (Wildman–Crippen MR) is 127 cm³/mol. The van der Waals surface area contributed by atoms with Crippen LogP contribution < -0.4 is 16.6 Å². The van der Waals surface area contributed by atoms with Gasteiger partial charge in [0, 0.05) is 22.5 Å². The van der Waals surface area contributed by atoms with Crippen molar-refractivity contribution in [2.45, 2.75) is 13.3 Å². The van der Waals surface area contributed by atoms with Crippen molar-refractivity contribution in [3.8, 4) is 16.8 Å². The smallest absolute Gasteiger partial charge is 0.326 e. The summed E-state index contributed by atoms with van der Waals surface area (Å²) in [5, 5.41) is 3.53. The minimum absolute atomic E-state index is 0.155. The Hall–Kier alpha value is -3.90. The Morgan fingerprint density at radius 1 is 0.969 bits per heavy atom. The Labute approximate surface area is 189 Å². The summed E-state index contributed by atoms with van der Waals surface area (Å²) in [5.41, 5.74) is 3.56. The highest BCUT2D eigenvalue weighted by Crippen LogP contribution is 2.24. The summed E-state index contributed by atoms with van der Waals surface area (Å²) >= 11 is 6.08. The highest BCUT2D eigenvalue weighted by atomic mass is 35.5. The molecule has 0 radical (unpaired) electrons. The third-order valence-electron chi connectivity index (χ3n) is 5.00. The number of halogens is 1. The largest absolute Gasteiger partial charge is 0.332 e. The van der Waals surface area contributed by atoms with E-state index < -0.39 is 11.2 Å². The van der Waals surface area contributed by atoms with E-state index in [2.05, 4.69) is 10.3 Å². The summed E-state index contributed by atoms with van der Waals surface area (Å²) < 4.78 is 1.35. The zero-order valence-electron chi connectivity index (χ0n) is 17.3. The number of nitrogens with zero attached hydrogens (tertiary/aromatic N) is 1. The van der Waals surface area contributed by atoms with Crippen molar-refractivity contribution in [3.63, 3.8) is 0 Å². The van der Waals surface area contributed by atoms with Gasteiger partial charge in [-0.05, 0) is 60.0 Å².